The van der Waals surface area contributed by atoms with E-state index < -0.39 is 0 Å². The van der Waals surface area contributed by atoms with Gasteiger partial charge in [-0.1, -0.05) is 20.6 Å². The molecule has 1 unspecified atom stereocenters. The molecule has 0 radical (unpaired) electrons. The normalized spacial score (nSPS) is 24.7. The predicted octanol–water partition coefficient (Wildman–Crippen LogP) is 1.07. The van der Waals surface area contributed by atoms with E-state index in [0.29, 0.717) is 10.7 Å². The first-order valence-corrected chi connectivity index (χ1v) is 4.13. The van der Waals surface area contributed by atoms with E-state index in [1.807, 2.05) is 17.1 Å². The van der Waals surface area contributed by atoms with Gasteiger partial charge < -0.3 is 0 Å². The lowest BCUT2D eigenvalue weighted by molar-refractivity contribution is -0.521. The summed E-state index contributed by atoms with van der Waals surface area (Å²) in [5.41, 5.74) is 0. The summed E-state index contributed by atoms with van der Waals surface area (Å²) in [6.07, 6.45) is 3.80. The van der Waals surface area contributed by atoms with Crippen molar-refractivity contribution < 1.29 is 4.68 Å². The number of alkyl halides is 2. The number of rotatable bonds is 2. The molecule has 0 spiro atoms. The lowest BCUT2D eigenvalue weighted by atomic mass is 10.5. The van der Waals surface area contributed by atoms with Crippen molar-refractivity contribution in [2.75, 3.05) is 12.4 Å². The highest BCUT2D eigenvalue weighted by atomic mass is 79.9. The molecular weight excluding hydrogens is 203 g/mol. The standard InChI is InChI=1S/C5H7BrClN2/c6-5-3-8-9(4-5)2-1-7/h3-5H,1-2H2/q+1. The quantitative estimate of drug-likeness (QED) is 0.479. The molecule has 0 aromatic rings. The molecule has 0 N–H and O–H groups in total. The largest absolute Gasteiger partial charge is 0.192 e. The van der Waals surface area contributed by atoms with E-state index >= 15 is 0 Å². The zero-order valence-corrected chi connectivity index (χ0v) is 7.14. The molecule has 0 saturated heterocycles. The summed E-state index contributed by atoms with van der Waals surface area (Å²) in [6.45, 7) is 0.792. The maximum Gasteiger partial charge on any atom is 0.192 e. The van der Waals surface area contributed by atoms with Crippen LogP contribution >= 0.6 is 27.5 Å². The smallest absolute Gasteiger partial charge is 0.120 e. The zero-order valence-electron chi connectivity index (χ0n) is 4.80. The van der Waals surface area contributed by atoms with Gasteiger partial charge in [-0.2, -0.15) is 0 Å². The van der Waals surface area contributed by atoms with Crippen molar-refractivity contribution >= 4 is 40.0 Å². The van der Waals surface area contributed by atoms with Crippen molar-refractivity contribution in [1.29, 1.82) is 0 Å². The lowest BCUT2D eigenvalue weighted by Gasteiger charge is -1.82. The molecule has 4 heteroatoms. The second kappa shape index (κ2) is 3.32. The van der Waals surface area contributed by atoms with Gasteiger partial charge in [0.1, 0.15) is 4.83 Å². The van der Waals surface area contributed by atoms with Crippen LogP contribution in [0.15, 0.2) is 5.10 Å². The fourth-order valence-corrected chi connectivity index (χ4v) is 1.16. The number of hydrogen-bond donors (Lipinski definition) is 0. The molecule has 0 amide bonds. The zero-order chi connectivity index (χ0) is 6.69. The highest BCUT2D eigenvalue weighted by Crippen LogP contribution is 1.98. The number of halogens is 2. The molecule has 0 fully saturated rings. The Morgan fingerprint density at radius 3 is 3.00 bits per heavy atom. The minimum Gasteiger partial charge on any atom is -0.120 e. The first-order chi connectivity index (χ1) is 4.33. The lowest BCUT2D eigenvalue weighted by Crippen LogP contribution is -2.07. The van der Waals surface area contributed by atoms with Crippen LogP contribution in [-0.4, -0.2) is 34.4 Å². The predicted molar refractivity (Wildman–Crippen MR) is 43.1 cm³/mol. The highest BCUT2D eigenvalue weighted by Gasteiger charge is 2.13. The summed E-state index contributed by atoms with van der Waals surface area (Å²) in [5.74, 6) is 0.619. The van der Waals surface area contributed by atoms with Gasteiger partial charge in [0.15, 0.2) is 12.8 Å². The van der Waals surface area contributed by atoms with Crippen molar-refractivity contribution in [3.8, 4) is 0 Å². The first kappa shape index (κ1) is 7.22. The summed E-state index contributed by atoms with van der Waals surface area (Å²) in [7, 11) is 0. The van der Waals surface area contributed by atoms with Crippen LogP contribution in [0, 0.1) is 0 Å². The van der Waals surface area contributed by atoms with Gasteiger partial charge in [-0.25, -0.2) is 0 Å². The van der Waals surface area contributed by atoms with Crippen molar-refractivity contribution in [2.45, 2.75) is 4.83 Å². The SMILES string of the molecule is ClCC[N+]1=CC(Br)C=N1. The molecule has 0 bridgehead atoms. The Morgan fingerprint density at radius 2 is 2.56 bits per heavy atom. The number of hydrazone groups is 1. The average Bonchev–Trinajstić information content (AvgIpc) is 2.17. The summed E-state index contributed by atoms with van der Waals surface area (Å²) < 4.78 is 1.83. The van der Waals surface area contributed by atoms with Crippen LogP contribution in [0.1, 0.15) is 0 Å². The molecule has 0 saturated carbocycles. The minimum absolute atomic E-state index is 0.292. The van der Waals surface area contributed by atoms with Crippen molar-refractivity contribution in [1.82, 2.24) is 0 Å². The van der Waals surface area contributed by atoms with Crippen LogP contribution in [0.4, 0.5) is 0 Å². The number of hydrogen-bond acceptors (Lipinski definition) is 1. The minimum atomic E-state index is 0.292. The average molecular weight is 210 g/mol. The Kier molecular flexibility index (Phi) is 2.66. The van der Waals surface area contributed by atoms with Gasteiger partial charge in [0.2, 0.25) is 0 Å². The summed E-state index contributed by atoms with van der Waals surface area (Å²) >= 11 is 8.84. The Morgan fingerprint density at radius 1 is 1.78 bits per heavy atom. The summed E-state index contributed by atoms with van der Waals surface area (Å²) in [5, 5.41) is 4.03. The van der Waals surface area contributed by atoms with Crippen LogP contribution in [-0.2, 0) is 0 Å². The number of nitrogens with zero attached hydrogens (tertiary/aromatic N) is 2. The molecule has 1 atom stereocenters. The summed E-state index contributed by atoms with van der Waals surface area (Å²) in [4.78, 5) is 0.292. The molecular formula is C5H7BrClN2+. The van der Waals surface area contributed by atoms with Gasteiger partial charge in [0.05, 0.1) is 12.1 Å². The maximum absolute atomic E-state index is 5.48. The van der Waals surface area contributed by atoms with E-state index in [9.17, 15) is 0 Å². The topological polar surface area (TPSA) is 15.4 Å². The van der Waals surface area contributed by atoms with Gasteiger partial charge in [0, 0.05) is 0 Å². The monoisotopic (exact) mass is 209 g/mol. The second-order valence-corrected chi connectivity index (χ2v) is 3.15. The Balaban J connectivity index is 2.44. The van der Waals surface area contributed by atoms with Crippen LogP contribution in [0.2, 0.25) is 0 Å². The third-order valence-corrected chi connectivity index (χ3v) is 1.63. The molecule has 1 rings (SSSR count). The van der Waals surface area contributed by atoms with E-state index in [2.05, 4.69) is 21.0 Å². The second-order valence-electron chi connectivity index (χ2n) is 1.71. The Bertz CT molecular complexity index is 155. The van der Waals surface area contributed by atoms with E-state index in [1.165, 1.54) is 0 Å². The van der Waals surface area contributed by atoms with Gasteiger partial charge in [-0.15, -0.1) is 11.6 Å². The Labute approximate surface area is 67.3 Å². The van der Waals surface area contributed by atoms with Crippen LogP contribution in [0.5, 0.6) is 0 Å². The molecule has 1 aliphatic rings. The van der Waals surface area contributed by atoms with Crippen LogP contribution in [0.25, 0.3) is 0 Å². The molecule has 0 aromatic carbocycles. The van der Waals surface area contributed by atoms with Gasteiger partial charge in [0.25, 0.3) is 0 Å². The highest BCUT2D eigenvalue weighted by molar-refractivity contribution is 9.10. The molecule has 1 aliphatic heterocycles. The molecule has 2 nitrogen and oxygen atoms in total. The molecule has 9 heavy (non-hydrogen) atoms. The Hall–Kier alpha value is 0.110. The first-order valence-electron chi connectivity index (χ1n) is 2.68. The maximum atomic E-state index is 5.48. The van der Waals surface area contributed by atoms with E-state index in [-0.39, 0.29) is 0 Å². The van der Waals surface area contributed by atoms with Crippen LogP contribution in [0.3, 0.4) is 0 Å². The van der Waals surface area contributed by atoms with Crippen molar-refractivity contribution in [3.63, 3.8) is 0 Å². The van der Waals surface area contributed by atoms with E-state index in [1.54, 1.807) is 0 Å². The van der Waals surface area contributed by atoms with Gasteiger partial charge in [-0.3, -0.25) is 0 Å². The van der Waals surface area contributed by atoms with Crippen LogP contribution < -0.4 is 0 Å². The van der Waals surface area contributed by atoms with Crippen molar-refractivity contribution in [3.05, 3.63) is 0 Å². The molecule has 0 aliphatic carbocycles. The van der Waals surface area contributed by atoms with Gasteiger partial charge in [-0.05, 0) is 5.10 Å². The fraction of sp³-hybridized carbons (Fsp3) is 0.600. The van der Waals surface area contributed by atoms with Gasteiger partial charge >= 0.3 is 0 Å². The fourth-order valence-electron chi connectivity index (χ4n) is 0.610. The molecule has 0 aromatic heterocycles. The van der Waals surface area contributed by atoms with E-state index in [4.69, 9.17) is 11.6 Å². The molecule has 50 valence electrons. The summed E-state index contributed by atoms with van der Waals surface area (Å²) in [6, 6.07) is 0. The third-order valence-electron chi connectivity index (χ3n) is 0.985. The van der Waals surface area contributed by atoms with E-state index in [0.717, 1.165) is 6.54 Å². The van der Waals surface area contributed by atoms with Crippen molar-refractivity contribution in [2.24, 2.45) is 5.10 Å². The third kappa shape index (κ3) is 2.06. The molecule has 1 heterocycles.